The summed E-state index contributed by atoms with van der Waals surface area (Å²) in [6.07, 6.45) is 0.677. The third-order valence-electron chi connectivity index (χ3n) is 2.13. The van der Waals surface area contributed by atoms with Crippen LogP contribution in [0.1, 0.15) is 30.5 Å². The van der Waals surface area contributed by atoms with Crippen molar-refractivity contribution in [3.63, 3.8) is 0 Å². The van der Waals surface area contributed by atoms with E-state index >= 15 is 0 Å². The minimum Gasteiger partial charge on any atom is -0.507 e. The SMILES string of the molecule is CC[C@@H](N)c1cc(F)cc(C)c1O. The molecule has 0 spiro atoms. The molecule has 3 N–H and O–H groups in total. The number of nitrogens with two attached hydrogens (primary N) is 1. The molecule has 0 unspecified atom stereocenters. The Balaban J connectivity index is 3.20. The fraction of sp³-hybridized carbons (Fsp3) is 0.400. The molecule has 0 aliphatic rings. The Morgan fingerprint density at radius 1 is 1.54 bits per heavy atom. The first-order chi connectivity index (χ1) is 6.06. The normalized spacial score (nSPS) is 12.9. The summed E-state index contributed by atoms with van der Waals surface area (Å²) < 4.78 is 12.9. The zero-order valence-corrected chi connectivity index (χ0v) is 7.84. The van der Waals surface area contributed by atoms with Crippen LogP contribution >= 0.6 is 0 Å². The number of phenols is 1. The molecule has 0 aromatic heterocycles. The first kappa shape index (κ1) is 9.99. The first-order valence-corrected chi connectivity index (χ1v) is 4.30. The van der Waals surface area contributed by atoms with Crippen LogP contribution in [0.3, 0.4) is 0 Å². The van der Waals surface area contributed by atoms with Crippen molar-refractivity contribution in [2.24, 2.45) is 5.73 Å². The van der Waals surface area contributed by atoms with E-state index in [2.05, 4.69) is 0 Å². The van der Waals surface area contributed by atoms with Gasteiger partial charge in [0.1, 0.15) is 11.6 Å². The second kappa shape index (κ2) is 3.75. The molecular weight excluding hydrogens is 169 g/mol. The van der Waals surface area contributed by atoms with Crippen molar-refractivity contribution >= 4 is 0 Å². The predicted octanol–water partition coefficient (Wildman–Crippen LogP) is 2.25. The zero-order chi connectivity index (χ0) is 10.0. The molecule has 1 aromatic carbocycles. The van der Waals surface area contributed by atoms with Crippen molar-refractivity contribution in [2.45, 2.75) is 26.3 Å². The Bertz CT molecular complexity index is 312. The van der Waals surface area contributed by atoms with Crippen molar-refractivity contribution in [1.29, 1.82) is 0 Å². The maximum atomic E-state index is 12.9. The van der Waals surface area contributed by atoms with Crippen LogP contribution in [0, 0.1) is 12.7 Å². The predicted molar refractivity (Wildman–Crippen MR) is 50.0 cm³/mol. The van der Waals surface area contributed by atoms with Gasteiger partial charge in [-0.2, -0.15) is 0 Å². The lowest BCUT2D eigenvalue weighted by atomic mass is 10.0. The maximum Gasteiger partial charge on any atom is 0.124 e. The Hall–Kier alpha value is -1.09. The molecule has 2 nitrogen and oxygen atoms in total. The summed E-state index contributed by atoms with van der Waals surface area (Å²) in [6, 6.07) is 2.28. The Kier molecular flexibility index (Phi) is 2.88. The molecular formula is C10H14FNO. The maximum absolute atomic E-state index is 12.9. The molecule has 0 aliphatic heterocycles. The Morgan fingerprint density at radius 3 is 2.69 bits per heavy atom. The summed E-state index contributed by atoms with van der Waals surface area (Å²) in [7, 11) is 0. The molecule has 1 rings (SSSR count). The van der Waals surface area contributed by atoms with Crippen molar-refractivity contribution in [2.75, 3.05) is 0 Å². The summed E-state index contributed by atoms with van der Waals surface area (Å²) in [5.74, 6) is -0.245. The van der Waals surface area contributed by atoms with Crippen LogP contribution in [0.25, 0.3) is 0 Å². The highest BCUT2D eigenvalue weighted by Crippen LogP contribution is 2.28. The molecule has 3 heteroatoms. The average Bonchev–Trinajstić information content (AvgIpc) is 2.10. The summed E-state index contributed by atoms with van der Waals surface area (Å²) in [6.45, 7) is 3.55. The molecule has 0 aliphatic carbocycles. The zero-order valence-electron chi connectivity index (χ0n) is 7.84. The molecule has 13 heavy (non-hydrogen) atoms. The van der Waals surface area contributed by atoms with Crippen LogP contribution in [0.15, 0.2) is 12.1 Å². The van der Waals surface area contributed by atoms with Gasteiger partial charge in [0.05, 0.1) is 0 Å². The van der Waals surface area contributed by atoms with Crippen molar-refractivity contribution in [1.82, 2.24) is 0 Å². The fourth-order valence-corrected chi connectivity index (χ4v) is 1.26. The molecule has 1 aromatic rings. The summed E-state index contributed by atoms with van der Waals surface area (Å²) in [5, 5.41) is 9.58. The molecule has 0 saturated heterocycles. The van der Waals surface area contributed by atoms with E-state index in [9.17, 15) is 9.50 Å². The van der Waals surface area contributed by atoms with Crippen LogP contribution < -0.4 is 5.73 Å². The van der Waals surface area contributed by atoms with E-state index < -0.39 is 0 Å². The molecule has 0 heterocycles. The van der Waals surface area contributed by atoms with Gasteiger partial charge in [-0.3, -0.25) is 0 Å². The van der Waals surface area contributed by atoms with Gasteiger partial charge < -0.3 is 10.8 Å². The van der Waals surface area contributed by atoms with Gasteiger partial charge in [0.15, 0.2) is 0 Å². The molecule has 1 atom stereocenters. The van der Waals surface area contributed by atoms with Crippen LogP contribution in [-0.2, 0) is 0 Å². The minimum atomic E-state index is -0.353. The van der Waals surface area contributed by atoms with Crippen molar-refractivity contribution in [3.8, 4) is 5.75 Å². The average molecular weight is 183 g/mol. The van der Waals surface area contributed by atoms with Crippen LogP contribution in [-0.4, -0.2) is 5.11 Å². The summed E-state index contributed by atoms with van der Waals surface area (Å²) in [4.78, 5) is 0. The lowest BCUT2D eigenvalue weighted by Gasteiger charge is -2.12. The third-order valence-corrected chi connectivity index (χ3v) is 2.13. The van der Waals surface area contributed by atoms with Crippen LogP contribution in [0.4, 0.5) is 4.39 Å². The van der Waals surface area contributed by atoms with Crippen molar-refractivity contribution in [3.05, 3.63) is 29.1 Å². The number of hydrogen-bond donors (Lipinski definition) is 2. The molecule has 0 fully saturated rings. The Labute approximate surface area is 77.2 Å². The van der Waals surface area contributed by atoms with Crippen LogP contribution in [0.2, 0.25) is 0 Å². The third kappa shape index (κ3) is 1.98. The highest BCUT2D eigenvalue weighted by molar-refractivity contribution is 5.41. The number of benzene rings is 1. The number of halogens is 1. The molecule has 0 amide bonds. The highest BCUT2D eigenvalue weighted by Gasteiger charge is 2.12. The van der Waals surface area contributed by atoms with Gasteiger partial charge in [-0.1, -0.05) is 6.92 Å². The largest absolute Gasteiger partial charge is 0.507 e. The van der Waals surface area contributed by atoms with Gasteiger partial charge in [0.25, 0.3) is 0 Å². The Morgan fingerprint density at radius 2 is 2.15 bits per heavy atom. The van der Waals surface area contributed by atoms with E-state index in [0.29, 0.717) is 17.5 Å². The highest BCUT2D eigenvalue weighted by atomic mass is 19.1. The number of aromatic hydroxyl groups is 1. The quantitative estimate of drug-likeness (QED) is 0.738. The van der Waals surface area contributed by atoms with E-state index in [1.165, 1.54) is 12.1 Å². The molecule has 72 valence electrons. The van der Waals surface area contributed by atoms with Gasteiger partial charge in [-0.15, -0.1) is 0 Å². The van der Waals surface area contributed by atoms with E-state index in [4.69, 9.17) is 5.73 Å². The van der Waals surface area contributed by atoms with E-state index in [1.807, 2.05) is 6.92 Å². The minimum absolute atomic E-state index is 0.107. The second-order valence-corrected chi connectivity index (χ2v) is 3.18. The fourth-order valence-electron chi connectivity index (χ4n) is 1.26. The first-order valence-electron chi connectivity index (χ1n) is 4.30. The van der Waals surface area contributed by atoms with Gasteiger partial charge >= 0.3 is 0 Å². The van der Waals surface area contributed by atoms with E-state index in [-0.39, 0.29) is 17.6 Å². The van der Waals surface area contributed by atoms with Gasteiger partial charge in [-0.05, 0) is 31.0 Å². The molecule has 0 bridgehead atoms. The second-order valence-electron chi connectivity index (χ2n) is 3.18. The topological polar surface area (TPSA) is 46.2 Å². The standard InChI is InChI=1S/C10H14FNO/c1-3-9(12)8-5-7(11)4-6(2)10(8)13/h4-5,9,13H,3,12H2,1-2H3/t9-/m1/s1. The number of rotatable bonds is 2. The lowest BCUT2D eigenvalue weighted by Crippen LogP contribution is -2.09. The lowest BCUT2D eigenvalue weighted by molar-refractivity contribution is 0.452. The van der Waals surface area contributed by atoms with E-state index in [0.717, 1.165) is 0 Å². The van der Waals surface area contributed by atoms with Crippen LogP contribution in [0.5, 0.6) is 5.75 Å². The number of phenolic OH excluding ortho intramolecular Hbond substituents is 1. The van der Waals surface area contributed by atoms with Gasteiger partial charge in [0.2, 0.25) is 0 Å². The van der Waals surface area contributed by atoms with Gasteiger partial charge in [-0.25, -0.2) is 4.39 Å². The monoisotopic (exact) mass is 183 g/mol. The molecule has 0 saturated carbocycles. The van der Waals surface area contributed by atoms with Gasteiger partial charge in [0, 0.05) is 11.6 Å². The molecule has 0 radical (unpaired) electrons. The van der Waals surface area contributed by atoms with E-state index in [1.54, 1.807) is 6.92 Å². The summed E-state index contributed by atoms with van der Waals surface area (Å²) in [5.41, 5.74) is 6.72. The van der Waals surface area contributed by atoms with Crippen molar-refractivity contribution < 1.29 is 9.50 Å². The number of hydrogen-bond acceptors (Lipinski definition) is 2. The summed E-state index contributed by atoms with van der Waals surface area (Å²) >= 11 is 0. The smallest absolute Gasteiger partial charge is 0.124 e. The number of aryl methyl sites for hydroxylation is 1.